The number of hydrogen-bond acceptors (Lipinski definition) is 3. The highest BCUT2D eigenvalue weighted by Gasteiger charge is 2.38. The van der Waals surface area contributed by atoms with Crippen molar-refractivity contribution in [1.29, 1.82) is 0 Å². The van der Waals surface area contributed by atoms with Crippen molar-refractivity contribution in [2.45, 2.75) is 0 Å². The molecule has 0 spiro atoms. The van der Waals surface area contributed by atoms with E-state index in [4.69, 9.17) is 4.74 Å². The van der Waals surface area contributed by atoms with Gasteiger partial charge in [0.1, 0.15) is 17.1 Å². The zero-order valence-electron chi connectivity index (χ0n) is 10.6. The average Bonchev–Trinajstić information content (AvgIpc) is 2.70. The van der Waals surface area contributed by atoms with Crippen LogP contribution in [0.4, 0.5) is 10.1 Å². The number of hydrogen-bond donors (Lipinski definition) is 0. The summed E-state index contributed by atoms with van der Waals surface area (Å²) in [5, 5.41) is 12.3. The van der Waals surface area contributed by atoms with Gasteiger partial charge in [0, 0.05) is 6.07 Å². The highest BCUT2D eigenvalue weighted by atomic mass is 19.1. The standard InChI is InChI=1S/C15H10FNO3/c1-20-13-5-3-2-4-11(13)14-15(18)10-7-6-9(16)8-12(10)17(14)19/h2-8H,1H3. The number of nitrogens with zero attached hydrogens (tertiary/aromatic N) is 1. The molecule has 0 fully saturated rings. The first kappa shape index (κ1) is 12.3. The van der Waals surface area contributed by atoms with Crippen molar-refractivity contribution in [2.24, 2.45) is 0 Å². The van der Waals surface area contributed by atoms with Crippen molar-refractivity contribution in [2.75, 3.05) is 7.11 Å². The van der Waals surface area contributed by atoms with Gasteiger partial charge < -0.3 is 9.94 Å². The van der Waals surface area contributed by atoms with Crippen LogP contribution >= 0.6 is 0 Å². The quantitative estimate of drug-likeness (QED) is 0.623. The Morgan fingerprint density at radius 3 is 2.65 bits per heavy atom. The minimum absolute atomic E-state index is 0.0240. The monoisotopic (exact) mass is 271 g/mol. The Hall–Kier alpha value is -2.69. The molecule has 3 rings (SSSR count). The van der Waals surface area contributed by atoms with Gasteiger partial charge in [-0.25, -0.2) is 4.39 Å². The lowest BCUT2D eigenvalue weighted by molar-refractivity contribution is -0.355. The molecule has 0 aliphatic carbocycles. The lowest BCUT2D eigenvalue weighted by Crippen LogP contribution is -2.17. The summed E-state index contributed by atoms with van der Waals surface area (Å²) in [6.07, 6.45) is 0. The van der Waals surface area contributed by atoms with Crippen LogP contribution in [0.5, 0.6) is 5.75 Å². The number of para-hydroxylation sites is 1. The predicted molar refractivity (Wildman–Crippen MR) is 71.1 cm³/mol. The summed E-state index contributed by atoms with van der Waals surface area (Å²) < 4.78 is 18.8. The van der Waals surface area contributed by atoms with E-state index in [1.807, 2.05) is 0 Å². The summed E-state index contributed by atoms with van der Waals surface area (Å²) in [4.78, 5) is 12.3. The lowest BCUT2D eigenvalue weighted by Gasteiger charge is -2.06. The Morgan fingerprint density at radius 1 is 1.15 bits per heavy atom. The molecular formula is C15H10FNO3. The Morgan fingerprint density at radius 2 is 1.90 bits per heavy atom. The summed E-state index contributed by atoms with van der Waals surface area (Å²) in [5.41, 5.74) is 0.563. The Bertz CT molecular complexity index is 753. The van der Waals surface area contributed by atoms with Crippen molar-refractivity contribution in [3.63, 3.8) is 0 Å². The SMILES string of the molecule is COc1ccccc1C1=[N+]([O-])c2cc(F)ccc2C1=O. The fourth-order valence-electron chi connectivity index (χ4n) is 2.28. The molecule has 1 aliphatic heterocycles. The molecule has 0 saturated heterocycles. The van der Waals surface area contributed by atoms with E-state index < -0.39 is 11.6 Å². The van der Waals surface area contributed by atoms with Crippen LogP contribution in [0.15, 0.2) is 42.5 Å². The first-order valence-electron chi connectivity index (χ1n) is 5.95. The maximum Gasteiger partial charge on any atom is 0.276 e. The van der Waals surface area contributed by atoms with Gasteiger partial charge in [-0.05, 0) is 24.3 Å². The summed E-state index contributed by atoms with van der Waals surface area (Å²) in [7, 11) is 1.46. The predicted octanol–water partition coefficient (Wildman–Crippen LogP) is 2.66. The van der Waals surface area contributed by atoms with Crippen molar-refractivity contribution < 1.29 is 18.7 Å². The molecule has 100 valence electrons. The summed E-state index contributed by atoms with van der Waals surface area (Å²) >= 11 is 0. The van der Waals surface area contributed by atoms with Gasteiger partial charge in [-0.3, -0.25) is 4.79 Å². The molecule has 2 aromatic rings. The summed E-state index contributed by atoms with van der Waals surface area (Å²) in [6, 6.07) is 10.3. The molecule has 4 nitrogen and oxygen atoms in total. The molecule has 0 saturated carbocycles. The normalized spacial score (nSPS) is 13.6. The number of methoxy groups -OCH3 is 1. The van der Waals surface area contributed by atoms with Crippen molar-refractivity contribution in [3.8, 4) is 5.75 Å². The van der Waals surface area contributed by atoms with Crippen LogP contribution in [0.3, 0.4) is 0 Å². The molecule has 20 heavy (non-hydrogen) atoms. The molecule has 2 aromatic carbocycles. The van der Waals surface area contributed by atoms with Crippen molar-refractivity contribution in [3.05, 3.63) is 64.6 Å². The molecule has 5 heteroatoms. The van der Waals surface area contributed by atoms with E-state index in [0.29, 0.717) is 16.1 Å². The third-order valence-corrected chi connectivity index (χ3v) is 3.20. The molecule has 0 unspecified atom stereocenters. The van der Waals surface area contributed by atoms with Gasteiger partial charge in [-0.1, -0.05) is 12.1 Å². The topological polar surface area (TPSA) is 52.4 Å². The number of ketones is 1. The second-order valence-electron chi connectivity index (χ2n) is 4.33. The van der Waals surface area contributed by atoms with Gasteiger partial charge in [-0.2, -0.15) is 4.74 Å². The smallest absolute Gasteiger partial charge is 0.276 e. The van der Waals surface area contributed by atoms with Crippen LogP contribution < -0.4 is 4.74 Å². The zero-order chi connectivity index (χ0) is 14.3. The minimum atomic E-state index is -0.557. The largest absolute Gasteiger partial charge is 0.618 e. The number of carbonyl (C=O) groups is 1. The maximum atomic E-state index is 13.2. The second-order valence-corrected chi connectivity index (χ2v) is 4.33. The molecule has 0 N–H and O–H groups in total. The van der Waals surface area contributed by atoms with E-state index >= 15 is 0 Å². The fourth-order valence-corrected chi connectivity index (χ4v) is 2.28. The number of ether oxygens (including phenoxy) is 1. The van der Waals surface area contributed by atoms with Crippen molar-refractivity contribution in [1.82, 2.24) is 0 Å². The number of halogens is 1. The molecule has 1 aliphatic rings. The number of rotatable bonds is 2. The number of fused-ring (bicyclic) bond motifs is 1. The lowest BCUT2D eigenvalue weighted by atomic mass is 10.0. The van der Waals surface area contributed by atoms with Gasteiger partial charge in [-0.15, -0.1) is 0 Å². The van der Waals surface area contributed by atoms with Gasteiger partial charge in [0.15, 0.2) is 0 Å². The maximum absolute atomic E-state index is 13.2. The van der Waals surface area contributed by atoms with E-state index in [0.717, 1.165) is 12.1 Å². The molecule has 0 atom stereocenters. The van der Waals surface area contributed by atoms with E-state index in [1.165, 1.54) is 13.2 Å². The fraction of sp³-hybridized carbons (Fsp3) is 0.0667. The Labute approximate surface area is 114 Å². The highest BCUT2D eigenvalue weighted by Crippen LogP contribution is 2.31. The molecule has 0 aromatic heterocycles. The second kappa shape index (κ2) is 4.45. The first-order chi connectivity index (χ1) is 9.63. The van der Waals surface area contributed by atoms with Crippen molar-refractivity contribution >= 4 is 17.2 Å². The van der Waals surface area contributed by atoms with E-state index in [-0.39, 0.29) is 17.0 Å². The van der Waals surface area contributed by atoms with Gasteiger partial charge in [0.05, 0.1) is 12.7 Å². The minimum Gasteiger partial charge on any atom is -0.618 e. The van der Waals surface area contributed by atoms with Gasteiger partial charge in [0.25, 0.3) is 11.5 Å². The first-order valence-corrected chi connectivity index (χ1v) is 5.95. The Kier molecular flexibility index (Phi) is 2.75. The third-order valence-electron chi connectivity index (χ3n) is 3.20. The van der Waals surface area contributed by atoms with Crippen LogP contribution in [-0.4, -0.2) is 23.3 Å². The average molecular weight is 271 g/mol. The molecule has 0 radical (unpaired) electrons. The number of benzene rings is 2. The molecule has 0 amide bonds. The van der Waals surface area contributed by atoms with E-state index in [1.54, 1.807) is 24.3 Å². The van der Waals surface area contributed by atoms with Crippen LogP contribution in [0.2, 0.25) is 0 Å². The van der Waals surface area contributed by atoms with Crippen LogP contribution in [-0.2, 0) is 0 Å². The van der Waals surface area contributed by atoms with Gasteiger partial charge in [0.2, 0.25) is 5.69 Å². The zero-order valence-corrected chi connectivity index (χ0v) is 10.6. The molecule has 1 heterocycles. The van der Waals surface area contributed by atoms with Crippen LogP contribution in [0.25, 0.3) is 0 Å². The van der Waals surface area contributed by atoms with Crippen LogP contribution in [0.1, 0.15) is 15.9 Å². The molecule has 0 bridgehead atoms. The van der Waals surface area contributed by atoms with E-state index in [9.17, 15) is 14.4 Å². The highest BCUT2D eigenvalue weighted by molar-refractivity contribution is 6.52. The molecular weight excluding hydrogens is 261 g/mol. The summed E-state index contributed by atoms with van der Waals surface area (Å²) in [6.45, 7) is 0. The van der Waals surface area contributed by atoms with Crippen LogP contribution in [0, 0.1) is 11.0 Å². The summed E-state index contributed by atoms with van der Waals surface area (Å²) in [5.74, 6) is -0.567. The van der Waals surface area contributed by atoms with Gasteiger partial charge >= 0.3 is 0 Å². The third kappa shape index (κ3) is 1.67. The number of Topliss-reactive ketones (excluding diaryl/α,β-unsaturated/α-hetero) is 1. The van der Waals surface area contributed by atoms with E-state index in [2.05, 4.69) is 0 Å². The number of carbonyl (C=O) groups excluding carboxylic acids is 1. The Balaban J connectivity index is 2.23.